The van der Waals surface area contributed by atoms with Gasteiger partial charge in [0.1, 0.15) is 0 Å². The van der Waals surface area contributed by atoms with Crippen LogP contribution >= 0.6 is 12.2 Å². The number of nitro benzene ring substituents is 1. The molecule has 3 rings (SSSR count). The van der Waals surface area contributed by atoms with Crippen LogP contribution in [-0.2, 0) is 10.0 Å². The van der Waals surface area contributed by atoms with Crippen molar-refractivity contribution < 1.29 is 13.3 Å². The summed E-state index contributed by atoms with van der Waals surface area (Å²) in [6, 6.07) is 11.2. The van der Waals surface area contributed by atoms with Crippen molar-refractivity contribution in [3.8, 4) is 0 Å². The third kappa shape index (κ3) is 4.72. The zero-order valence-corrected chi connectivity index (χ0v) is 17.8. The van der Waals surface area contributed by atoms with E-state index in [-0.39, 0.29) is 5.69 Å². The van der Waals surface area contributed by atoms with Gasteiger partial charge in [-0.3, -0.25) is 10.1 Å². The third-order valence-electron chi connectivity index (χ3n) is 4.95. The molecule has 0 bridgehead atoms. The molecule has 1 heterocycles. The summed E-state index contributed by atoms with van der Waals surface area (Å²) in [5.74, 6) is 0. The molecule has 1 saturated heterocycles. The van der Waals surface area contributed by atoms with E-state index < -0.39 is 14.9 Å². The average molecular weight is 435 g/mol. The summed E-state index contributed by atoms with van der Waals surface area (Å²) in [5, 5.41) is 14.3. The number of non-ortho nitro benzene ring substituents is 1. The highest BCUT2D eigenvalue weighted by Crippen LogP contribution is 2.21. The first-order valence-corrected chi connectivity index (χ1v) is 10.9. The van der Waals surface area contributed by atoms with Gasteiger partial charge in [-0.2, -0.15) is 4.31 Å². The lowest BCUT2D eigenvalue weighted by atomic mass is 10.1. The molecule has 154 valence electrons. The molecule has 1 fully saturated rings. The molecule has 2 aromatic carbocycles. The number of piperazine rings is 1. The van der Waals surface area contributed by atoms with Crippen LogP contribution in [0.2, 0.25) is 0 Å². The maximum absolute atomic E-state index is 12.9. The predicted octanol–water partition coefficient (Wildman–Crippen LogP) is 2.91. The Morgan fingerprint density at radius 1 is 1.07 bits per heavy atom. The van der Waals surface area contributed by atoms with E-state index in [0.29, 0.717) is 41.9 Å². The van der Waals surface area contributed by atoms with E-state index in [2.05, 4.69) is 5.32 Å². The zero-order valence-electron chi connectivity index (χ0n) is 16.2. The van der Waals surface area contributed by atoms with Gasteiger partial charge < -0.3 is 10.2 Å². The fourth-order valence-corrected chi connectivity index (χ4v) is 4.86. The van der Waals surface area contributed by atoms with E-state index in [1.54, 1.807) is 24.3 Å². The molecular formula is C19H22N4O4S2. The van der Waals surface area contributed by atoms with Crippen LogP contribution in [0.5, 0.6) is 0 Å². The number of thiocarbonyl (C=S) groups is 1. The Kier molecular flexibility index (Phi) is 6.15. The highest BCUT2D eigenvalue weighted by atomic mass is 32.2. The second kappa shape index (κ2) is 8.44. The fraction of sp³-hybridized carbons (Fsp3) is 0.316. The second-order valence-electron chi connectivity index (χ2n) is 6.87. The summed E-state index contributed by atoms with van der Waals surface area (Å²) in [4.78, 5) is 12.6. The Hall–Kier alpha value is -2.56. The van der Waals surface area contributed by atoms with Crippen molar-refractivity contribution in [2.45, 2.75) is 18.7 Å². The topological polar surface area (TPSA) is 95.8 Å². The molecule has 1 aliphatic rings. The molecule has 0 amide bonds. The van der Waals surface area contributed by atoms with Gasteiger partial charge in [0, 0.05) is 44.0 Å². The molecule has 29 heavy (non-hydrogen) atoms. The Morgan fingerprint density at radius 3 is 2.38 bits per heavy atom. The molecule has 0 radical (unpaired) electrons. The highest BCUT2D eigenvalue weighted by molar-refractivity contribution is 7.89. The number of nitrogens with zero attached hydrogens (tertiary/aromatic N) is 3. The minimum absolute atomic E-state index is 0.0258. The number of benzene rings is 2. The number of rotatable bonds is 4. The van der Waals surface area contributed by atoms with Gasteiger partial charge in [0.2, 0.25) is 10.0 Å². The molecule has 0 saturated carbocycles. The van der Waals surface area contributed by atoms with E-state index >= 15 is 0 Å². The van der Waals surface area contributed by atoms with E-state index in [9.17, 15) is 18.5 Å². The first kappa shape index (κ1) is 21.2. The normalized spacial score (nSPS) is 15.2. The van der Waals surface area contributed by atoms with Crippen LogP contribution in [0.15, 0.2) is 47.4 Å². The maximum atomic E-state index is 12.9. The Balaban J connectivity index is 1.63. The summed E-state index contributed by atoms with van der Waals surface area (Å²) < 4.78 is 27.3. The first-order chi connectivity index (χ1) is 13.7. The molecule has 0 aromatic heterocycles. The van der Waals surface area contributed by atoms with Crippen molar-refractivity contribution in [2.24, 2.45) is 0 Å². The second-order valence-corrected chi connectivity index (χ2v) is 9.20. The molecule has 0 atom stereocenters. The molecule has 2 aromatic rings. The van der Waals surface area contributed by atoms with E-state index in [0.717, 1.165) is 11.1 Å². The van der Waals surface area contributed by atoms with Crippen molar-refractivity contribution in [1.82, 2.24) is 9.21 Å². The summed E-state index contributed by atoms with van der Waals surface area (Å²) in [5.41, 5.74) is 2.48. The Labute approximate surface area is 175 Å². The fourth-order valence-electron chi connectivity index (χ4n) is 3.05. The number of sulfonamides is 1. The van der Waals surface area contributed by atoms with Crippen LogP contribution < -0.4 is 5.32 Å². The summed E-state index contributed by atoms with van der Waals surface area (Å²) in [7, 11) is -3.56. The van der Waals surface area contributed by atoms with Crippen molar-refractivity contribution in [3.05, 3.63) is 63.7 Å². The minimum Gasteiger partial charge on any atom is -0.346 e. The number of anilines is 1. The molecule has 0 spiro atoms. The van der Waals surface area contributed by atoms with Crippen LogP contribution in [-0.4, -0.2) is 53.8 Å². The van der Waals surface area contributed by atoms with Crippen LogP contribution in [0.1, 0.15) is 11.1 Å². The zero-order chi connectivity index (χ0) is 21.2. The average Bonchev–Trinajstić information content (AvgIpc) is 2.70. The monoisotopic (exact) mass is 434 g/mol. The first-order valence-electron chi connectivity index (χ1n) is 9.06. The summed E-state index contributed by atoms with van der Waals surface area (Å²) >= 11 is 5.40. The predicted molar refractivity (Wildman–Crippen MR) is 116 cm³/mol. The van der Waals surface area contributed by atoms with Crippen LogP contribution in [0, 0.1) is 24.0 Å². The van der Waals surface area contributed by atoms with Gasteiger partial charge >= 0.3 is 0 Å². The van der Waals surface area contributed by atoms with Crippen molar-refractivity contribution in [3.63, 3.8) is 0 Å². The number of aryl methyl sites for hydroxylation is 2. The molecular weight excluding hydrogens is 412 g/mol. The quantitative estimate of drug-likeness (QED) is 0.449. The standard InChI is InChI=1S/C19H22N4O4S2/c1-14-6-7-18(12-15(14)2)29(26,27)22-10-8-21(9-11-22)19(28)20-16-4-3-5-17(13-16)23(24)25/h3-7,12-13H,8-11H2,1-2H3,(H,20,28). The molecule has 10 heteroatoms. The van der Waals surface area contributed by atoms with Gasteiger partial charge in [-0.15, -0.1) is 0 Å². The highest BCUT2D eigenvalue weighted by Gasteiger charge is 2.29. The third-order valence-corrected chi connectivity index (χ3v) is 7.21. The van der Waals surface area contributed by atoms with Crippen molar-refractivity contribution >= 4 is 38.7 Å². The van der Waals surface area contributed by atoms with Gasteiger partial charge in [-0.25, -0.2) is 8.42 Å². The van der Waals surface area contributed by atoms with Crippen molar-refractivity contribution in [2.75, 3.05) is 31.5 Å². The number of hydrogen-bond donors (Lipinski definition) is 1. The molecule has 8 nitrogen and oxygen atoms in total. The SMILES string of the molecule is Cc1ccc(S(=O)(=O)N2CCN(C(=S)Nc3cccc([N+](=O)[O-])c3)CC2)cc1C. The number of nitrogens with one attached hydrogen (secondary N) is 1. The molecule has 1 N–H and O–H groups in total. The van der Waals surface area contributed by atoms with Gasteiger partial charge in [0.15, 0.2) is 5.11 Å². The Morgan fingerprint density at radius 2 is 1.76 bits per heavy atom. The van der Waals surface area contributed by atoms with Gasteiger partial charge in [-0.05, 0) is 55.4 Å². The molecule has 0 unspecified atom stereocenters. The minimum atomic E-state index is -3.56. The van der Waals surface area contributed by atoms with E-state index in [1.807, 2.05) is 24.8 Å². The van der Waals surface area contributed by atoms with Gasteiger partial charge in [0.25, 0.3) is 5.69 Å². The lowest BCUT2D eigenvalue weighted by molar-refractivity contribution is -0.384. The largest absolute Gasteiger partial charge is 0.346 e. The van der Waals surface area contributed by atoms with Crippen molar-refractivity contribution in [1.29, 1.82) is 0 Å². The summed E-state index contributed by atoms with van der Waals surface area (Å²) in [6.45, 7) is 5.33. The summed E-state index contributed by atoms with van der Waals surface area (Å²) in [6.07, 6.45) is 0. The lowest BCUT2D eigenvalue weighted by Gasteiger charge is -2.35. The number of hydrogen-bond acceptors (Lipinski definition) is 5. The maximum Gasteiger partial charge on any atom is 0.271 e. The van der Waals surface area contributed by atoms with Gasteiger partial charge in [0.05, 0.1) is 9.82 Å². The van der Waals surface area contributed by atoms with Gasteiger partial charge in [-0.1, -0.05) is 12.1 Å². The van der Waals surface area contributed by atoms with E-state index in [1.165, 1.54) is 16.4 Å². The van der Waals surface area contributed by atoms with Crippen LogP contribution in [0.25, 0.3) is 0 Å². The lowest BCUT2D eigenvalue weighted by Crippen LogP contribution is -2.51. The molecule has 1 aliphatic heterocycles. The van der Waals surface area contributed by atoms with Crippen LogP contribution in [0.4, 0.5) is 11.4 Å². The number of nitro groups is 1. The van der Waals surface area contributed by atoms with Crippen LogP contribution in [0.3, 0.4) is 0 Å². The molecule has 0 aliphatic carbocycles. The smallest absolute Gasteiger partial charge is 0.271 e. The Bertz CT molecular complexity index is 1050. The van der Waals surface area contributed by atoms with E-state index in [4.69, 9.17) is 12.2 Å².